The Bertz CT molecular complexity index is 1650. The van der Waals surface area contributed by atoms with Gasteiger partial charge in [-0.25, -0.2) is 0 Å². The van der Waals surface area contributed by atoms with Gasteiger partial charge in [-0.2, -0.15) is 0 Å². The van der Waals surface area contributed by atoms with Gasteiger partial charge in [-0.1, -0.05) is 272 Å². The first-order valence-electron chi connectivity index (χ1n) is 33.4. The lowest BCUT2D eigenvalue weighted by Crippen LogP contribution is -2.44. The van der Waals surface area contributed by atoms with Crippen LogP contribution in [-0.2, 0) is 33.3 Å². The zero-order valence-corrected chi connectivity index (χ0v) is 53.1. The SMILES string of the molecule is CC/C=C\C/C=C\C/C=C\C/C=C\C/C=C\C/C=C\C/C=C\CCCCCCCC(=O)OC(COC(=O)CCCCCCCCCCCCCCCCCCC/C=C\CCCCCCCCCC)COC(OCC[N+](C)(C)C)C(=O)[O-]. The summed E-state index contributed by atoms with van der Waals surface area (Å²) in [5.41, 5.74) is 0. The third kappa shape index (κ3) is 63.6. The topological polar surface area (TPSA) is 111 Å². The van der Waals surface area contributed by atoms with E-state index in [-0.39, 0.29) is 38.6 Å². The van der Waals surface area contributed by atoms with Crippen LogP contribution in [0, 0.1) is 0 Å². The van der Waals surface area contributed by atoms with Crippen LogP contribution in [0.3, 0.4) is 0 Å². The molecule has 0 N–H and O–H groups in total. The van der Waals surface area contributed by atoms with Gasteiger partial charge in [0.05, 0.1) is 40.3 Å². The second-order valence-electron chi connectivity index (χ2n) is 23.4. The van der Waals surface area contributed by atoms with Gasteiger partial charge in [-0.05, 0) is 96.3 Å². The predicted octanol–water partition coefficient (Wildman–Crippen LogP) is 19.1. The van der Waals surface area contributed by atoms with Crippen LogP contribution in [0.5, 0.6) is 0 Å². The maximum atomic E-state index is 12.9. The highest BCUT2D eigenvalue weighted by Crippen LogP contribution is 2.17. The molecule has 0 radical (unpaired) electrons. The predicted molar refractivity (Wildman–Crippen MR) is 343 cm³/mol. The number of hydrogen-bond donors (Lipinski definition) is 0. The molecule has 0 aromatic rings. The number of carboxylic acids is 1. The number of likely N-dealkylation sites (N-methyl/N-ethyl adjacent to an activating group) is 1. The summed E-state index contributed by atoms with van der Waals surface area (Å²) in [6.45, 7) is 4.63. The first-order valence-corrected chi connectivity index (χ1v) is 33.4. The summed E-state index contributed by atoms with van der Waals surface area (Å²) in [5.74, 6) is -2.31. The fraction of sp³-hybridized carbons (Fsp3) is 0.736. The molecule has 466 valence electrons. The van der Waals surface area contributed by atoms with Crippen molar-refractivity contribution in [1.82, 2.24) is 0 Å². The van der Waals surface area contributed by atoms with Crippen molar-refractivity contribution in [3.63, 3.8) is 0 Å². The number of carbonyl (C=O) groups is 3. The number of esters is 2. The zero-order chi connectivity index (χ0) is 59.1. The highest BCUT2D eigenvalue weighted by molar-refractivity contribution is 5.70. The van der Waals surface area contributed by atoms with Crippen molar-refractivity contribution in [3.8, 4) is 0 Å². The Hall–Kier alpha value is -3.79. The first-order chi connectivity index (χ1) is 39.6. The molecule has 0 aromatic carbocycles. The lowest BCUT2D eigenvalue weighted by atomic mass is 10.0. The maximum Gasteiger partial charge on any atom is 0.306 e. The summed E-state index contributed by atoms with van der Waals surface area (Å²) < 4.78 is 22.8. The Labute approximate surface area is 499 Å². The van der Waals surface area contributed by atoms with Crippen molar-refractivity contribution in [1.29, 1.82) is 0 Å². The van der Waals surface area contributed by atoms with E-state index in [4.69, 9.17) is 18.9 Å². The summed E-state index contributed by atoms with van der Waals surface area (Å²) in [4.78, 5) is 37.4. The summed E-state index contributed by atoms with van der Waals surface area (Å²) in [6, 6.07) is 0. The number of quaternary nitrogens is 1. The summed E-state index contributed by atoms with van der Waals surface area (Å²) in [6.07, 6.45) is 81.9. The lowest BCUT2D eigenvalue weighted by Gasteiger charge is -2.26. The number of unbranched alkanes of at least 4 members (excludes halogenated alkanes) is 30. The quantitative estimate of drug-likeness (QED) is 0.0195. The second-order valence-corrected chi connectivity index (χ2v) is 23.4. The summed E-state index contributed by atoms with van der Waals surface area (Å²) in [5, 5.41) is 11.8. The largest absolute Gasteiger partial charge is 0.545 e. The number of hydrogen-bond acceptors (Lipinski definition) is 8. The van der Waals surface area contributed by atoms with Gasteiger partial charge in [0, 0.05) is 12.8 Å². The second kappa shape index (κ2) is 62.3. The van der Waals surface area contributed by atoms with E-state index in [0.29, 0.717) is 17.4 Å². The van der Waals surface area contributed by atoms with Crippen molar-refractivity contribution < 1.29 is 42.9 Å². The number of ether oxygens (including phenoxy) is 4. The van der Waals surface area contributed by atoms with Crippen LogP contribution in [0.25, 0.3) is 0 Å². The number of nitrogens with zero attached hydrogens (tertiary/aromatic N) is 1. The smallest absolute Gasteiger partial charge is 0.306 e. The molecule has 0 aliphatic carbocycles. The Morgan fingerprint density at radius 3 is 1.06 bits per heavy atom. The van der Waals surface area contributed by atoms with E-state index < -0.39 is 24.3 Å². The van der Waals surface area contributed by atoms with Crippen LogP contribution >= 0.6 is 0 Å². The molecule has 0 heterocycles. The standard InChI is InChI=1S/C72H125NO8/c1-6-8-10-12-14-16-18-20-22-24-26-28-30-32-34-35-37-38-40-42-44-46-48-50-52-54-56-58-60-62-69(74)79-66-68(67-80-72(71(76)77)78-65-64-73(3,4)5)81-70(75)63-61-59-57-55-53-51-49-47-45-43-41-39-36-33-31-29-27-25-23-21-19-17-15-13-11-9-7-2/h9,11,15,17,21,23-24,26-27,29,33,36,41,43,47,49,68,72H,6-8,10,12-14,16,18-20,22,25,28,30-32,34-35,37-40,42,44-46,48,50-67H2,1-5H3/b11-9-,17-15-,23-21-,26-24-,29-27-,36-33-,43-41-,49-47-. The van der Waals surface area contributed by atoms with Gasteiger partial charge >= 0.3 is 11.9 Å². The van der Waals surface area contributed by atoms with Gasteiger partial charge in [0.2, 0.25) is 0 Å². The fourth-order valence-corrected chi connectivity index (χ4v) is 9.22. The molecule has 9 nitrogen and oxygen atoms in total. The normalized spacial score (nSPS) is 13.3. The average molecular weight is 1130 g/mol. The molecular weight excluding hydrogens is 1010 g/mol. The van der Waals surface area contributed by atoms with E-state index >= 15 is 0 Å². The molecule has 0 spiro atoms. The minimum Gasteiger partial charge on any atom is -0.545 e. The highest BCUT2D eigenvalue weighted by atomic mass is 16.7. The Morgan fingerprint density at radius 1 is 0.383 bits per heavy atom. The molecule has 2 unspecified atom stereocenters. The van der Waals surface area contributed by atoms with Crippen molar-refractivity contribution in [3.05, 3.63) is 97.2 Å². The van der Waals surface area contributed by atoms with Crippen molar-refractivity contribution in [2.75, 3.05) is 47.5 Å². The number of allylic oxidation sites excluding steroid dienone is 16. The van der Waals surface area contributed by atoms with Crippen LogP contribution < -0.4 is 5.11 Å². The van der Waals surface area contributed by atoms with E-state index in [2.05, 4.69) is 111 Å². The van der Waals surface area contributed by atoms with E-state index in [1.165, 1.54) is 154 Å². The third-order valence-corrected chi connectivity index (χ3v) is 14.3. The zero-order valence-electron chi connectivity index (χ0n) is 53.1. The first kappa shape index (κ1) is 77.2. The Morgan fingerprint density at radius 2 is 0.704 bits per heavy atom. The summed E-state index contributed by atoms with van der Waals surface area (Å²) >= 11 is 0. The number of aliphatic carboxylic acids is 1. The molecule has 81 heavy (non-hydrogen) atoms. The van der Waals surface area contributed by atoms with Gasteiger partial charge < -0.3 is 33.3 Å². The van der Waals surface area contributed by atoms with Gasteiger partial charge in [0.25, 0.3) is 0 Å². The van der Waals surface area contributed by atoms with Crippen LogP contribution in [0.4, 0.5) is 0 Å². The van der Waals surface area contributed by atoms with Crippen LogP contribution in [0.2, 0.25) is 0 Å². The summed E-state index contributed by atoms with van der Waals surface area (Å²) in [7, 11) is 5.92. The van der Waals surface area contributed by atoms with E-state index in [0.717, 1.165) is 96.3 Å². The molecule has 0 rings (SSSR count). The van der Waals surface area contributed by atoms with Crippen LogP contribution in [-0.4, -0.2) is 82.3 Å². The monoisotopic (exact) mass is 1130 g/mol. The molecule has 9 heteroatoms. The molecule has 0 saturated heterocycles. The van der Waals surface area contributed by atoms with Crippen LogP contribution in [0.15, 0.2) is 97.2 Å². The molecular formula is C72H125NO8. The molecule has 0 aliphatic rings. The Balaban J connectivity index is 4.20. The minimum atomic E-state index is -1.63. The molecule has 0 bridgehead atoms. The lowest BCUT2D eigenvalue weighted by molar-refractivity contribution is -0.870. The number of carbonyl (C=O) groups excluding carboxylic acids is 3. The molecule has 0 aliphatic heterocycles. The van der Waals surface area contributed by atoms with Crippen molar-refractivity contribution >= 4 is 17.9 Å². The van der Waals surface area contributed by atoms with Gasteiger partial charge in [0.1, 0.15) is 13.2 Å². The minimum absolute atomic E-state index is 0.140. The molecule has 2 atom stereocenters. The van der Waals surface area contributed by atoms with Crippen molar-refractivity contribution in [2.45, 2.75) is 296 Å². The maximum absolute atomic E-state index is 12.9. The van der Waals surface area contributed by atoms with Crippen molar-refractivity contribution in [2.24, 2.45) is 0 Å². The highest BCUT2D eigenvalue weighted by Gasteiger charge is 2.22. The van der Waals surface area contributed by atoms with Gasteiger partial charge in [-0.15, -0.1) is 0 Å². The number of rotatable bonds is 61. The van der Waals surface area contributed by atoms with E-state index in [1.807, 2.05) is 21.1 Å². The molecule has 0 amide bonds. The average Bonchev–Trinajstić information content (AvgIpc) is 3.44. The fourth-order valence-electron chi connectivity index (χ4n) is 9.22. The molecule has 0 fully saturated rings. The molecule has 0 aromatic heterocycles. The van der Waals surface area contributed by atoms with E-state index in [9.17, 15) is 19.5 Å². The molecule has 0 saturated carbocycles. The van der Waals surface area contributed by atoms with E-state index in [1.54, 1.807) is 0 Å². The Kier molecular flexibility index (Phi) is 59.3. The van der Waals surface area contributed by atoms with Gasteiger partial charge in [-0.3, -0.25) is 9.59 Å². The van der Waals surface area contributed by atoms with Gasteiger partial charge in [0.15, 0.2) is 12.4 Å². The van der Waals surface area contributed by atoms with Crippen LogP contribution in [0.1, 0.15) is 284 Å². The third-order valence-electron chi connectivity index (χ3n) is 14.3. The number of carboxylic acid groups (broad SMARTS) is 1.